The fraction of sp³-hybridized carbons (Fsp3) is 0. The predicted molar refractivity (Wildman–Crippen MR) is 111 cm³/mol. The highest BCUT2D eigenvalue weighted by atomic mass is 79.9. The molecule has 2 aromatic heterocycles. The van der Waals surface area contributed by atoms with E-state index in [0.29, 0.717) is 17.0 Å². The molecule has 0 saturated heterocycles. The van der Waals surface area contributed by atoms with Gasteiger partial charge < -0.3 is 10.3 Å². The van der Waals surface area contributed by atoms with Gasteiger partial charge in [0.1, 0.15) is 5.82 Å². The number of nitrogens with one attached hydrogen (secondary N) is 2. The Balaban J connectivity index is 1.82. The molecular formula is C19H11BrCl2N4O. The third-order valence-corrected chi connectivity index (χ3v) is 5.26. The lowest BCUT2D eigenvalue weighted by molar-refractivity contribution is 0.102. The first-order valence-electron chi connectivity index (χ1n) is 7.88. The summed E-state index contributed by atoms with van der Waals surface area (Å²) in [5.41, 5.74) is 2.26. The number of amides is 1. The molecule has 4 aromatic rings. The molecule has 0 aliphatic rings. The van der Waals surface area contributed by atoms with Crippen LogP contribution in [-0.4, -0.2) is 20.9 Å². The first kappa shape index (κ1) is 18.0. The van der Waals surface area contributed by atoms with Crippen molar-refractivity contribution < 1.29 is 4.79 Å². The summed E-state index contributed by atoms with van der Waals surface area (Å²) < 4.78 is 0.794. The normalized spacial score (nSPS) is 10.9. The molecule has 0 saturated carbocycles. The van der Waals surface area contributed by atoms with Crippen LogP contribution in [0.2, 0.25) is 10.0 Å². The first-order valence-corrected chi connectivity index (χ1v) is 9.43. The number of H-pyrrole nitrogens is 1. The minimum Gasteiger partial charge on any atom is -0.345 e. The fourth-order valence-corrected chi connectivity index (χ4v) is 3.91. The van der Waals surface area contributed by atoms with Crippen molar-refractivity contribution in [2.75, 3.05) is 5.32 Å². The van der Waals surface area contributed by atoms with E-state index in [1.54, 1.807) is 42.9 Å². The van der Waals surface area contributed by atoms with Gasteiger partial charge in [-0.15, -0.1) is 0 Å². The largest absolute Gasteiger partial charge is 0.345 e. The molecule has 0 bridgehead atoms. The quantitative estimate of drug-likeness (QED) is 0.396. The number of pyridine rings is 1. The van der Waals surface area contributed by atoms with Crippen LogP contribution >= 0.6 is 39.1 Å². The number of carbonyl (C=O) groups is 1. The van der Waals surface area contributed by atoms with Crippen molar-refractivity contribution in [3.05, 3.63) is 75.1 Å². The van der Waals surface area contributed by atoms with Crippen molar-refractivity contribution in [1.82, 2.24) is 15.0 Å². The van der Waals surface area contributed by atoms with Gasteiger partial charge in [-0.1, -0.05) is 41.4 Å². The molecule has 134 valence electrons. The van der Waals surface area contributed by atoms with E-state index in [-0.39, 0.29) is 15.6 Å². The molecule has 27 heavy (non-hydrogen) atoms. The Bertz CT molecular complexity index is 1140. The number of halogens is 3. The van der Waals surface area contributed by atoms with Crippen molar-refractivity contribution in [3.8, 4) is 11.4 Å². The maximum atomic E-state index is 12.7. The maximum Gasteiger partial charge on any atom is 0.258 e. The second kappa shape index (κ2) is 7.31. The number of rotatable bonds is 3. The summed E-state index contributed by atoms with van der Waals surface area (Å²) >= 11 is 15.8. The van der Waals surface area contributed by atoms with Gasteiger partial charge in [0.05, 0.1) is 26.8 Å². The van der Waals surface area contributed by atoms with E-state index >= 15 is 0 Å². The van der Waals surface area contributed by atoms with Gasteiger partial charge >= 0.3 is 0 Å². The maximum absolute atomic E-state index is 12.7. The molecule has 1 amide bonds. The molecule has 0 radical (unpaired) electrons. The highest BCUT2D eigenvalue weighted by molar-refractivity contribution is 9.10. The van der Waals surface area contributed by atoms with Crippen LogP contribution in [0.15, 0.2) is 59.5 Å². The highest BCUT2D eigenvalue weighted by Crippen LogP contribution is 2.35. The van der Waals surface area contributed by atoms with Gasteiger partial charge in [-0.3, -0.25) is 9.78 Å². The number of benzene rings is 2. The summed E-state index contributed by atoms with van der Waals surface area (Å²) in [5.74, 6) is 0.300. The smallest absolute Gasteiger partial charge is 0.258 e. The number of aromatic nitrogens is 3. The van der Waals surface area contributed by atoms with E-state index in [0.717, 1.165) is 15.4 Å². The lowest BCUT2D eigenvalue weighted by Crippen LogP contribution is -2.13. The monoisotopic (exact) mass is 460 g/mol. The van der Waals surface area contributed by atoms with E-state index in [4.69, 9.17) is 23.2 Å². The van der Waals surface area contributed by atoms with Gasteiger partial charge in [-0.2, -0.15) is 0 Å². The lowest BCUT2D eigenvalue weighted by atomic mass is 10.1. The Morgan fingerprint density at radius 3 is 2.52 bits per heavy atom. The Morgan fingerprint density at radius 2 is 1.81 bits per heavy atom. The number of hydrogen-bond donors (Lipinski definition) is 2. The zero-order valence-electron chi connectivity index (χ0n) is 13.6. The van der Waals surface area contributed by atoms with Gasteiger partial charge in [0.25, 0.3) is 5.91 Å². The molecule has 4 rings (SSSR count). The molecule has 5 nitrogen and oxygen atoms in total. The minimum atomic E-state index is -0.401. The number of imidazole rings is 1. The average molecular weight is 462 g/mol. The van der Waals surface area contributed by atoms with Crippen molar-refractivity contribution in [1.29, 1.82) is 0 Å². The molecule has 0 fully saturated rings. The number of hydrogen-bond acceptors (Lipinski definition) is 3. The van der Waals surface area contributed by atoms with E-state index in [1.807, 2.05) is 12.1 Å². The number of fused-ring (bicyclic) bond motifs is 1. The van der Waals surface area contributed by atoms with Crippen LogP contribution in [0, 0.1) is 0 Å². The Kier molecular flexibility index (Phi) is 4.86. The number of anilines is 1. The molecular weight excluding hydrogens is 451 g/mol. The third kappa shape index (κ3) is 3.32. The second-order valence-electron chi connectivity index (χ2n) is 5.67. The summed E-state index contributed by atoms with van der Waals surface area (Å²) in [6.07, 6.45) is 5.11. The van der Waals surface area contributed by atoms with Gasteiger partial charge in [-0.25, -0.2) is 4.98 Å². The zero-order chi connectivity index (χ0) is 19.0. The summed E-state index contributed by atoms with van der Waals surface area (Å²) in [5, 5.41) is 4.26. The molecule has 2 aromatic carbocycles. The molecule has 0 unspecified atom stereocenters. The van der Waals surface area contributed by atoms with E-state index in [2.05, 4.69) is 36.2 Å². The predicted octanol–water partition coefficient (Wildman–Crippen LogP) is 5.95. The Hall–Kier alpha value is -2.41. The number of para-hydroxylation sites is 1. The van der Waals surface area contributed by atoms with Crippen molar-refractivity contribution in [2.24, 2.45) is 0 Å². The first-order chi connectivity index (χ1) is 13.1. The van der Waals surface area contributed by atoms with Gasteiger partial charge in [-0.05, 0) is 34.1 Å². The standard InChI is InChI=1S/C19H11BrCl2N4O/c20-11-9-25-17-10(15(11)18-23-7-8-24-18)3-1-6-14(17)26-19(27)16-12(21)4-2-5-13(16)22/h1-9H,(H,23,24)(H,26,27). The van der Waals surface area contributed by atoms with Crippen LogP contribution in [0.3, 0.4) is 0 Å². The van der Waals surface area contributed by atoms with Gasteiger partial charge in [0, 0.05) is 34.0 Å². The Labute approximate surface area is 172 Å². The van der Waals surface area contributed by atoms with Crippen molar-refractivity contribution in [2.45, 2.75) is 0 Å². The van der Waals surface area contributed by atoms with E-state index in [9.17, 15) is 4.79 Å². The summed E-state index contributed by atoms with van der Waals surface area (Å²) in [6, 6.07) is 10.5. The van der Waals surface area contributed by atoms with Gasteiger partial charge in [0.15, 0.2) is 0 Å². The number of carbonyl (C=O) groups excluding carboxylic acids is 1. The van der Waals surface area contributed by atoms with Crippen LogP contribution in [0.1, 0.15) is 10.4 Å². The second-order valence-corrected chi connectivity index (χ2v) is 7.34. The summed E-state index contributed by atoms with van der Waals surface area (Å²) in [6.45, 7) is 0. The lowest BCUT2D eigenvalue weighted by Gasteiger charge is -2.12. The topological polar surface area (TPSA) is 70.7 Å². The molecule has 2 heterocycles. The van der Waals surface area contributed by atoms with Crippen LogP contribution in [0.4, 0.5) is 5.69 Å². The molecule has 0 aliphatic heterocycles. The van der Waals surface area contributed by atoms with Crippen LogP contribution in [0.25, 0.3) is 22.3 Å². The molecule has 0 aliphatic carbocycles. The molecule has 8 heteroatoms. The van der Waals surface area contributed by atoms with E-state index in [1.165, 1.54) is 0 Å². The van der Waals surface area contributed by atoms with Gasteiger partial charge in [0.2, 0.25) is 0 Å². The number of nitrogens with zero attached hydrogens (tertiary/aromatic N) is 2. The fourth-order valence-electron chi connectivity index (χ4n) is 2.84. The van der Waals surface area contributed by atoms with Crippen LogP contribution < -0.4 is 5.32 Å². The number of aromatic amines is 1. The Morgan fingerprint density at radius 1 is 1.07 bits per heavy atom. The van der Waals surface area contributed by atoms with E-state index < -0.39 is 5.91 Å². The molecule has 0 spiro atoms. The summed E-state index contributed by atoms with van der Waals surface area (Å²) in [4.78, 5) is 24.6. The highest BCUT2D eigenvalue weighted by Gasteiger charge is 2.18. The minimum absolute atomic E-state index is 0.223. The third-order valence-electron chi connectivity index (χ3n) is 4.02. The molecule has 0 atom stereocenters. The summed E-state index contributed by atoms with van der Waals surface area (Å²) in [7, 11) is 0. The zero-order valence-corrected chi connectivity index (χ0v) is 16.7. The molecule has 2 N–H and O–H groups in total. The average Bonchev–Trinajstić information content (AvgIpc) is 3.15. The SMILES string of the molecule is O=C(Nc1cccc2c(-c3ncc[nH]3)c(Br)cnc12)c1c(Cl)cccc1Cl. The van der Waals surface area contributed by atoms with Crippen molar-refractivity contribution in [3.63, 3.8) is 0 Å². The van der Waals surface area contributed by atoms with Crippen LogP contribution in [-0.2, 0) is 0 Å². The van der Waals surface area contributed by atoms with Crippen LogP contribution in [0.5, 0.6) is 0 Å². The van der Waals surface area contributed by atoms with Crippen molar-refractivity contribution >= 4 is 61.6 Å².